The molecule has 0 aliphatic heterocycles. The Labute approximate surface area is 180 Å². The predicted molar refractivity (Wildman–Crippen MR) is 121 cm³/mol. The van der Waals surface area contributed by atoms with Gasteiger partial charge in [0.15, 0.2) is 5.78 Å². The van der Waals surface area contributed by atoms with Crippen LogP contribution in [0.15, 0.2) is 77.3 Å². The fourth-order valence-electron chi connectivity index (χ4n) is 3.05. The van der Waals surface area contributed by atoms with Crippen LogP contribution in [0.5, 0.6) is 0 Å². The van der Waals surface area contributed by atoms with Crippen molar-refractivity contribution in [3.8, 4) is 0 Å². The van der Waals surface area contributed by atoms with Gasteiger partial charge in [-0.05, 0) is 53.4 Å². The van der Waals surface area contributed by atoms with Crippen LogP contribution in [-0.2, 0) is 0 Å². The first kappa shape index (κ1) is 20.6. The van der Waals surface area contributed by atoms with E-state index >= 15 is 0 Å². The molecule has 0 fully saturated rings. The molecule has 3 rings (SSSR count). The van der Waals surface area contributed by atoms with Crippen LogP contribution in [0.4, 0.5) is 5.69 Å². The average molecular weight is 457 g/mol. The zero-order valence-electron chi connectivity index (χ0n) is 16.0. The lowest BCUT2D eigenvalue weighted by Crippen LogP contribution is -2.16. The summed E-state index contributed by atoms with van der Waals surface area (Å²) < 4.78 is 0.962. The number of benzene rings is 3. The molecule has 0 saturated heterocycles. The van der Waals surface area contributed by atoms with Crippen molar-refractivity contribution in [3.05, 3.63) is 99.0 Å². The van der Waals surface area contributed by atoms with Gasteiger partial charge in [0.1, 0.15) is 0 Å². The van der Waals surface area contributed by atoms with Crippen LogP contribution < -0.4 is 5.32 Å². The molecule has 4 heteroatoms. The summed E-state index contributed by atoms with van der Waals surface area (Å²) in [7, 11) is 0. The molecule has 28 heavy (non-hydrogen) atoms. The van der Waals surface area contributed by atoms with Gasteiger partial charge in [-0.2, -0.15) is 0 Å². The summed E-state index contributed by atoms with van der Waals surface area (Å²) >= 11 is 9.42. The van der Waals surface area contributed by atoms with Crippen LogP contribution in [0.25, 0.3) is 0 Å². The molecule has 0 spiro atoms. The van der Waals surface area contributed by atoms with Gasteiger partial charge in [-0.25, -0.2) is 0 Å². The Bertz CT molecular complexity index is 918. The Morgan fingerprint density at radius 1 is 0.893 bits per heavy atom. The number of carbonyl (C=O) groups is 1. The molecular weight excluding hydrogens is 434 g/mol. The van der Waals surface area contributed by atoms with Crippen molar-refractivity contribution in [2.24, 2.45) is 0 Å². The van der Waals surface area contributed by atoms with Crippen molar-refractivity contribution < 1.29 is 4.79 Å². The highest BCUT2D eigenvalue weighted by Crippen LogP contribution is 2.27. The van der Waals surface area contributed by atoms with Crippen molar-refractivity contribution in [1.82, 2.24) is 0 Å². The number of halogens is 2. The van der Waals surface area contributed by atoms with E-state index in [2.05, 4.69) is 59.4 Å². The minimum absolute atomic E-state index is 0.104. The molecular formula is C24H23BrClNO. The van der Waals surface area contributed by atoms with E-state index in [1.165, 1.54) is 5.56 Å². The van der Waals surface area contributed by atoms with Crippen LogP contribution in [-0.4, -0.2) is 5.78 Å². The minimum atomic E-state index is -0.126. The summed E-state index contributed by atoms with van der Waals surface area (Å²) in [6.07, 6.45) is 0.366. The lowest BCUT2D eigenvalue weighted by molar-refractivity contribution is 0.0976. The van der Waals surface area contributed by atoms with E-state index in [-0.39, 0.29) is 11.8 Å². The fourth-order valence-corrected chi connectivity index (χ4v) is 3.44. The molecule has 0 aliphatic rings. The third-order valence-corrected chi connectivity index (χ3v) is 5.53. The number of nitrogens with one attached hydrogen (secondary N) is 1. The molecule has 0 aromatic heterocycles. The van der Waals surface area contributed by atoms with Crippen molar-refractivity contribution in [3.63, 3.8) is 0 Å². The zero-order chi connectivity index (χ0) is 20.1. The van der Waals surface area contributed by atoms with Crippen molar-refractivity contribution in [2.45, 2.75) is 32.2 Å². The highest BCUT2D eigenvalue weighted by Gasteiger charge is 2.18. The van der Waals surface area contributed by atoms with Gasteiger partial charge in [0.2, 0.25) is 0 Å². The SMILES string of the molecule is CC(C)c1ccc(C(CC(=O)c2ccc(Br)cc2)Nc2ccc(Cl)cc2)cc1. The van der Waals surface area contributed by atoms with Crippen LogP contribution in [0.3, 0.4) is 0 Å². The van der Waals surface area contributed by atoms with Crippen molar-refractivity contribution >= 4 is 39.0 Å². The van der Waals surface area contributed by atoms with E-state index in [1.54, 1.807) is 0 Å². The summed E-state index contributed by atoms with van der Waals surface area (Å²) in [6, 6.07) is 23.4. The normalized spacial score (nSPS) is 12.0. The van der Waals surface area contributed by atoms with E-state index in [0.29, 0.717) is 22.9 Å². The minimum Gasteiger partial charge on any atom is -0.378 e. The Morgan fingerprint density at radius 2 is 1.46 bits per heavy atom. The highest BCUT2D eigenvalue weighted by atomic mass is 79.9. The van der Waals surface area contributed by atoms with Crippen LogP contribution in [0.1, 0.15) is 53.7 Å². The number of Topliss-reactive ketones (excluding diaryl/α,β-unsaturated/α-hetero) is 1. The third-order valence-electron chi connectivity index (χ3n) is 4.75. The number of hydrogen-bond donors (Lipinski definition) is 1. The number of carbonyl (C=O) groups excluding carboxylic acids is 1. The number of anilines is 1. The fraction of sp³-hybridized carbons (Fsp3) is 0.208. The Kier molecular flexibility index (Phi) is 6.93. The van der Waals surface area contributed by atoms with Crippen molar-refractivity contribution in [2.75, 3.05) is 5.32 Å². The Hall–Kier alpha value is -2.10. The molecule has 1 atom stereocenters. The Balaban J connectivity index is 1.85. The average Bonchev–Trinajstić information content (AvgIpc) is 2.69. The molecule has 2 nitrogen and oxygen atoms in total. The third kappa shape index (κ3) is 5.46. The van der Waals surface area contributed by atoms with E-state index in [1.807, 2.05) is 48.5 Å². The zero-order valence-corrected chi connectivity index (χ0v) is 18.3. The summed E-state index contributed by atoms with van der Waals surface area (Å²) in [5.41, 5.74) is 4.02. The summed E-state index contributed by atoms with van der Waals surface area (Å²) in [6.45, 7) is 4.35. The van der Waals surface area contributed by atoms with E-state index in [4.69, 9.17) is 11.6 Å². The molecule has 1 N–H and O–H groups in total. The molecule has 0 amide bonds. The second-order valence-electron chi connectivity index (χ2n) is 7.16. The monoisotopic (exact) mass is 455 g/mol. The first-order chi connectivity index (χ1) is 13.4. The molecule has 3 aromatic carbocycles. The smallest absolute Gasteiger partial charge is 0.165 e. The van der Waals surface area contributed by atoms with Crippen LogP contribution in [0.2, 0.25) is 5.02 Å². The molecule has 1 unspecified atom stereocenters. The molecule has 0 aliphatic carbocycles. The van der Waals surface area contributed by atoms with Gasteiger partial charge >= 0.3 is 0 Å². The van der Waals surface area contributed by atoms with Gasteiger partial charge in [-0.15, -0.1) is 0 Å². The van der Waals surface area contributed by atoms with Crippen LogP contribution in [0, 0.1) is 0 Å². The summed E-state index contributed by atoms with van der Waals surface area (Å²) in [5.74, 6) is 0.577. The molecule has 0 radical (unpaired) electrons. The van der Waals surface area contributed by atoms with Gasteiger partial charge in [0, 0.05) is 27.2 Å². The van der Waals surface area contributed by atoms with Gasteiger partial charge in [0.25, 0.3) is 0 Å². The van der Waals surface area contributed by atoms with Gasteiger partial charge in [-0.1, -0.05) is 77.8 Å². The van der Waals surface area contributed by atoms with E-state index in [0.717, 1.165) is 15.7 Å². The first-order valence-corrected chi connectivity index (χ1v) is 10.5. The highest BCUT2D eigenvalue weighted by molar-refractivity contribution is 9.10. The summed E-state index contributed by atoms with van der Waals surface area (Å²) in [5, 5.41) is 4.18. The molecule has 3 aromatic rings. The largest absolute Gasteiger partial charge is 0.378 e. The molecule has 144 valence electrons. The lowest BCUT2D eigenvalue weighted by Gasteiger charge is -2.21. The standard InChI is InChI=1S/C24H23BrClNO/c1-16(2)17-3-5-18(6-4-17)23(27-22-13-11-21(26)12-14-22)15-24(28)19-7-9-20(25)10-8-19/h3-14,16,23,27H,15H2,1-2H3. The second-order valence-corrected chi connectivity index (χ2v) is 8.51. The second kappa shape index (κ2) is 9.40. The van der Waals surface area contributed by atoms with Gasteiger partial charge < -0.3 is 5.32 Å². The number of ketones is 1. The summed E-state index contributed by atoms with van der Waals surface area (Å²) in [4.78, 5) is 12.9. The van der Waals surface area contributed by atoms with Crippen molar-refractivity contribution in [1.29, 1.82) is 0 Å². The molecule has 0 saturated carbocycles. The maximum atomic E-state index is 12.9. The first-order valence-electron chi connectivity index (χ1n) is 9.33. The maximum absolute atomic E-state index is 12.9. The number of rotatable bonds is 7. The number of hydrogen-bond acceptors (Lipinski definition) is 2. The molecule has 0 heterocycles. The molecule has 0 bridgehead atoms. The van der Waals surface area contributed by atoms with Gasteiger partial charge in [-0.3, -0.25) is 4.79 Å². The van der Waals surface area contributed by atoms with Gasteiger partial charge in [0.05, 0.1) is 6.04 Å². The quantitative estimate of drug-likeness (QED) is 0.370. The van der Waals surface area contributed by atoms with E-state index in [9.17, 15) is 4.79 Å². The lowest BCUT2D eigenvalue weighted by atomic mass is 9.95. The maximum Gasteiger partial charge on any atom is 0.165 e. The van der Waals surface area contributed by atoms with E-state index < -0.39 is 0 Å². The topological polar surface area (TPSA) is 29.1 Å². The predicted octanol–water partition coefficient (Wildman–Crippen LogP) is 7.65. The Morgan fingerprint density at radius 3 is 2.04 bits per heavy atom. The van der Waals surface area contributed by atoms with Crippen LogP contribution >= 0.6 is 27.5 Å².